The predicted molar refractivity (Wildman–Crippen MR) is 93.9 cm³/mol. The summed E-state index contributed by atoms with van der Waals surface area (Å²) in [5.41, 5.74) is 0. The quantitative estimate of drug-likeness (QED) is 0.779. The van der Waals surface area contributed by atoms with Crippen molar-refractivity contribution in [3.63, 3.8) is 0 Å². The predicted octanol–water partition coefficient (Wildman–Crippen LogP) is 1.09. The third kappa shape index (κ3) is 5.34. The molecule has 25 heavy (non-hydrogen) atoms. The van der Waals surface area contributed by atoms with Crippen LogP contribution in [0.25, 0.3) is 0 Å². The lowest BCUT2D eigenvalue weighted by Crippen LogP contribution is -2.49. The molecule has 4 amide bonds. The van der Waals surface area contributed by atoms with Crippen molar-refractivity contribution in [1.29, 1.82) is 0 Å². The van der Waals surface area contributed by atoms with Crippen LogP contribution in [0.5, 0.6) is 0 Å². The maximum absolute atomic E-state index is 12.3. The number of likely N-dealkylation sites (tertiary alicyclic amines) is 2. The number of piperidine rings is 2. The number of nitrogens with one attached hydrogen (secondary N) is 2. The fraction of sp³-hybridized carbons (Fsp3) is 0.833. The summed E-state index contributed by atoms with van der Waals surface area (Å²) >= 11 is 0. The zero-order valence-electron chi connectivity index (χ0n) is 15.0. The van der Waals surface area contributed by atoms with E-state index >= 15 is 0 Å². The molecular formula is C18H30N4O3. The Kier molecular flexibility index (Phi) is 6.15. The molecule has 0 aromatic rings. The van der Waals surface area contributed by atoms with Gasteiger partial charge in [-0.2, -0.15) is 0 Å². The van der Waals surface area contributed by atoms with Crippen molar-refractivity contribution >= 4 is 17.8 Å². The van der Waals surface area contributed by atoms with Gasteiger partial charge in [-0.05, 0) is 44.9 Å². The normalized spacial score (nSPS) is 23.9. The number of carbonyl (C=O) groups excluding carboxylic acids is 3. The van der Waals surface area contributed by atoms with Gasteiger partial charge in [0.1, 0.15) is 0 Å². The van der Waals surface area contributed by atoms with Gasteiger partial charge in [-0.1, -0.05) is 0 Å². The van der Waals surface area contributed by atoms with Gasteiger partial charge in [0.2, 0.25) is 11.8 Å². The molecule has 2 aliphatic heterocycles. The van der Waals surface area contributed by atoms with E-state index in [1.807, 2.05) is 4.90 Å². The zero-order valence-corrected chi connectivity index (χ0v) is 15.0. The first-order valence-corrected chi connectivity index (χ1v) is 9.74. The van der Waals surface area contributed by atoms with E-state index in [2.05, 4.69) is 10.6 Å². The molecule has 3 rings (SSSR count). The molecule has 0 bridgehead atoms. The molecule has 7 nitrogen and oxygen atoms in total. The van der Waals surface area contributed by atoms with Crippen LogP contribution in [-0.2, 0) is 9.59 Å². The molecule has 2 N–H and O–H groups in total. The van der Waals surface area contributed by atoms with Crippen molar-refractivity contribution in [2.75, 3.05) is 32.7 Å². The third-order valence-electron chi connectivity index (χ3n) is 5.33. The Hall–Kier alpha value is -1.79. The van der Waals surface area contributed by atoms with E-state index in [1.165, 1.54) is 6.42 Å². The van der Waals surface area contributed by atoms with E-state index in [-0.39, 0.29) is 23.8 Å². The summed E-state index contributed by atoms with van der Waals surface area (Å²) in [6.07, 6.45) is 7.56. The van der Waals surface area contributed by atoms with E-state index in [4.69, 9.17) is 0 Å². The summed E-state index contributed by atoms with van der Waals surface area (Å²) in [6, 6.07) is 0.202. The SMILES string of the molecule is O=C(NC1CC1)C1CCCN(C(=O)NCCC(=O)N2CCCCC2)C1. The van der Waals surface area contributed by atoms with Crippen molar-refractivity contribution in [2.24, 2.45) is 5.92 Å². The van der Waals surface area contributed by atoms with Gasteiger partial charge in [-0.15, -0.1) is 0 Å². The molecule has 0 spiro atoms. The molecule has 1 unspecified atom stereocenters. The van der Waals surface area contributed by atoms with Gasteiger partial charge in [-0.3, -0.25) is 9.59 Å². The minimum Gasteiger partial charge on any atom is -0.353 e. The highest BCUT2D eigenvalue weighted by molar-refractivity contribution is 5.81. The Morgan fingerprint density at radius 1 is 0.880 bits per heavy atom. The fourth-order valence-electron chi connectivity index (χ4n) is 3.61. The topological polar surface area (TPSA) is 81.8 Å². The molecule has 7 heteroatoms. The number of urea groups is 1. The Morgan fingerprint density at radius 3 is 2.32 bits per heavy atom. The minimum atomic E-state index is -0.157. The van der Waals surface area contributed by atoms with Crippen LogP contribution in [0.2, 0.25) is 0 Å². The van der Waals surface area contributed by atoms with Gasteiger partial charge in [0.05, 0.1) is 5.92 Å². The smallest absolute Gasteiger partial charge is 0.317 e. The first kappa shape index (κ1) is 18.0. The van der Waals surface area contributed by atoms with Crippen molar-refractivity contribution in [2.45, 2.75) is 57.4 Å². The van der Waals surface area contributed by atoms with Crippen molar-refractivity contribution in [3.8, 4) is 0 Å². The van der Waals surface area contributed by atoms with E-state index in [0.717, 1.165) is 51.6 Å². The van der Waals surface area contributed by atoms with Gasteiger partial charge in [-0.25, -0.2) is 4.79 Å². The molecule has 1 atom stereocenters. The largest absolute Gasteiger partial charge is 0.353 e. The molecule has 1 aliphatic carbocycles. The number of hydrogen-bond acceptors (Lipinski definition) is 3. The second-order valence-electron chi connectivity index (χ2n) is 7.49. The molecular weight excluding hydrogens is 320 g/mol. The van der Waals surface area contributed by atoms with Gasteiger partial charge in [0, 0.05) is 45.2 Å². The molecule has 0 aromatic heterocycles. The van der Waals surface area contributed by atoms with Crippen LogP contribution in [-0.4, -0.2) is 66.4 Å². The Bertz CT molecular complexity index is 501. The Balaban J connectivity index is 1.36. The maximum atomic E-state index is 12.3. The summed E-state index contributed by atoms with van der Waals surface area (Å²) in [6.45, 7) is 3.21. The lowest BCUT2D eigenvalue weighted by molar-refractivity contribution is -0.132. The van der Waals surface area contributed by atoms with Crippen LogP contribution >= 0.6 is 0 Å². The summed E-state index contributed by atoms with van der Waals surface area (Å²) in [5, 5.41) is 5.87. The van der Waals surface area contributed by atoms with Crippen LogP contribution in [0.3, 0.4) is 0 Å². The summed E-state index contributed by atoms with van der Waals surface area (Å²) < 4.78 is 0. The average molecular weight is 350 g/mol. The molecule has 0 aromatic carbocycles. The molecule has 2 heterocycles. The highest BCUT2D eigenvalue weighted by Crippen LogP contribution is 2.22. The zero-order chi connectivity index (χ0) is 17.6. The van der Waals surface area contributed by atoms with E-state index in [9.17, 15) is 14.4 Å². The lowest BCUT2D eigenvalue weighted by atomic mass is 9.97. The number of amides is 4. The molecule has 3 fully saturated rings. The number of nitrogens with zero attached hydrogens (tertiary/aromatic N) is 2. The third-order valence-corrected chi connectivity index (χ3v) is 5.33. The van der Waals surface area contributed by atoms with Crippen LogP contribution in [0.1, 0.15) is 51.4 Å². The number of rotatable bonds is 5. The van der Waals surface area contributed by atoms with E-state index in [0.29, 0.717) is 32.1 Å². The second kappa shape index (κ2) is 8.54. The van der Waals surface area contributed by atoms with Crippen molar-refractivity contribution < 1.29 is 14.4 Å². The minimum absolute atomic E-state index is 0.0836. The van der Waals surface area contributed by atoms with Gasteiger partial charge >= 0.3 is 6.03 Å². The Labute approximate surface area is 149 Å². The molecule has 2 saturated heterocycles. The second-order valence-corrected chi connectivity index (χ2v) is 7.49. The van der Waals surface area contributed by atoms with Gasteiger partial charge in [0.15, 0.2) is 0 Å². The fourth-order valence-corrected chi connectivity index (χ4v) is 3.61. The van der Waals surface area contributed by atoms with E-state index < -0.39 is 0 Å². The van der Waals surface area contributed by atoms with Gasteiger partial charge < -0.3 is 20.4 Å². The van der Waals surface area contributed by atoms with Crippen molar-refractivity contribution in [1.82, 2.24) is 20.4 Å². The highest BCUT2D eigenvalue weighted by atomic mass is 16.2. The van der Waals surface area contributed by atoms with Crippen LogP contribution in [0, 0.1) is 5.92 Å². The highest BCUT2D eigenvalue weighted by Gasteiger charge is 2.31. The molecule has 140 valence electrons. The molecule has 1 saturated carbocycles. The van der Waals surface area contributed by atoms with Gasteiger partial charge in [0.25, 0.3) is 0 Å². The van der Waals surface area contributed by atoms with Crippen LogP contribution in [0.4, 0.5) is 4.79 Å². The first-order valence-electron chi connectivity index (χ1n) is 9.74. The molecule has 3 aliphatic rings. The summed E-state index contributed by atoms with van der Waals surface area (Å²) in [7, 11) is 0. The van der Waals surface area contributed by atoms with Crippen LogP contribution in [0.15, 0.2) is 0 Å². The standard InChI is InChI=1S/C18H30N4O3/c23-16(21-10-2-1-3-11-21)8-9-19-18(25)22-12-4-5-14(13-22)17(24)20-15-6-7-15/h14-15H,1-13H2,(H,19,25)(H,20,24). The Morgan fingerprint density at radius 2 is 1.60 bits per heavy atom. The molecule has 0 radical (unpaired) electrons. The summed E-state index contributed by atoms with van der Waals surface area (Å²) in [5.74, 6) is 0.107. The van der Waals surface area contributed by atoms with E-state index in [1.54, 1.807) is 4.90 Å². The monoisotopic (exact) mass is 350 g/mol. The lowest BCUT2D eigenvalue weighted by Gasteiger charge is -2.32. The average Bonchev–Trinajstić information content (AvgIpc) is 3.46. The first-order chi connectivity index (χ1) is 12.1. The number of hydrogen-bond donors (Lipinski definition) is 2. The maximum Gasteiger partial charge on any atom is 0.317 e. The van der Waals surface area contributed by atoms with Crippen LogP contribution < -0.4 is 10.6 Å². The summed E-state index contributed by atoms with van der Waals surface area (Å²) in [4.78, 5) is 40.2. The number of carbonyl (C=O) groups is 3. The van der Waals surface area contributed by atoms with Crippen molar-refractivity contribution in [3.05, 3.63) is 0 Å².